The average Bonchev–Trinajstić information content (AvgIpc) is 2.98. The van der Waals surface area contributed by atoms with Crippen molar-refractivity contribution in [3.63, 3.8) is 0 Å². The molecule has 0 saturated heterocycles. The summed E-state index contributed by atoms with van der Waals surface area (Å²) >= 11 is 0. The van der Waals surface area contributed by atoms with Crippen molar-refractivity contribution in [2.45, 2.75) is 12.6 Å². The first-order chi connectivity index (χ1) is 12.3. The van der Waals surface area contributed by atoms with Gasteiger partial charge in [0.15, 0.2) is 5.96 Å². The number of halogens is 3. The second kappa shape index (κ2) is 10.6. The molecule has 1 heterocycles. The Balaban J connectivity index is 0.00000364. The zero-order chi connectivity index (χ0) is 19.3. The van der Waals surface area contributed by atoms with Gasteiger partial charge in [0.05, 0.1) is 12.6 Å². The first kappa shape index (κ1) is 23.4. The number of nitrogens with one attached hydrogen (secondary N) is 1. The fourth-order valence-electron chi connectivity index (χ4n) is 2.92. The number of benzene rings is 1. The maximum atomic E-state index is 14.2. The summed E-state index contributed by atoms with van der Waals surface area (Å²) in [5.41, 5.74) is 1.20. The standard InChI is InChI=1S/C19H27F2N5.HI/c1-22-19(26(5)13-14-8-7-11-25(14)4)23-12-17(24(2)3)18-15(20)9-6-10-16(18)21;/h6-11,17H,12-13H2,1-5H3,(H,22,23);1H. The van der Waals surface area contributed by atoms with Crippen LogP contribution >= 0.6 is 24.0 Å². The molecule has 0 bridgehead atoms. The van der Waals surface area contributed by atoms with E-state index in [1.54, 1.807) is 26.0 Å². The second-order valence-corrected chi connectivity index (χ2v) is 6.51. The normalized spacial score (nSPS) is 12.7. The van der Waals surface area contributed by atoms with Crippen LogP contribution in [0.15, 0.2) is 41.5 Å². The Morgan fingerprint density at radius 2 is 1.78 bits per heavy atom. The highest BCUT2D eigenvalue weighted by molar-refractivity contribution is 14.0. The number of hydrogen-bond acceptors (Lipinski definition) is 2. The van der Waals surface area contributed by atoms with E-state index in [1.165, 1.54) is 18.2 Å². The predicted octanol–water partition coefficient (Wildman–Crippen LogP) is 3.23. The van der Waals surface area contributed by atoms with Gasteiger partial charge in [-0.1, -0.05) is 6.07 Å². The minimum Gasteiger partial charge on any atom is -0.354 e. The first-order valence-electron chi connectivity index (χ1n) is 8.47. The monoisotopic (exact) mass is 491 g/mol. The molecule has 0 spiro atoms. The quantitative estimate of drug-likeness (QED) is 0.383. The Labute approximate surface area is 177 Å². The Bertz CT molecular complexity index is 740. The molecule has 2 aromatic rings. The van der Waals surface area contributed by atoms with Gasteiger partial charge in [-0.3, -0.25) is 4.99 Å². The van der Waals surface area contributed by atoms with Gasteiger partial charge >= 0.3 is 0 Å². The number of nitrogens with zero attached hydrogens (tertiary/aromatic N) is 4. The molecule has 8 heteroatoms. The maximum Gasteiger partial charge on any atom is 0.193 e. The molecule has 1 aromatic heterocycles. The van der Waals surface area contributed by atoms with E-state index in [2.05, 4.69) is 10.3 Å². The van der Waals surface area contributed by atoms with Crippen LogP contribution in [-0.4, -0.2) is 55.1 Å². The van der Waals surface area contributed by atoms with Crippen LogP contribution in [0.2, 0.25) is 0 Å². The van der Waals surface area contributed by atoms with Crippen LogP contribution in [0.4, 0.5) is 8.78 Å². The lowest BCUT2D eigenvalue weighted by Gasteiger charge is -2.29. The second-order valence-electron chi connectivity index (χ2n) is 6.51. The molecule has 2 rings (SSSR count). The summed E-state index contributed by atoms with van der Waals surface area (Å²) in [7, 11) is 9.21. The number of hydrogen-bond donors (Lipinski definition) is 1. The van der Waals surface area contributed by atoms with Crippen LogP contribution < -0.4 is 5.32 Å². The molecule has 1 unspecified atom stereocenters. The van der Waals surface area contributed by atoms with Crippen LogP contribution in [0.25, 0.3) is 0 Å². The van der Waals surface area contributed by atoms with Gasteiger partial charge in [-0.2, -0.15) is 0 Å². The van der Waals surface area contributed by atoms with Crippen molar-refractivity contribution in [3.05, 3.63) is 59.4 Å². The Kier molecular flexibility index (Phi) is 9.17. The number of aromatic nitrogens is 1. The number of rotatable bonds is 6. The Morgan fingerprint density at radius 3 is 2.26 bits per heavy atom. The molecule has 0 amide bonds. The Hall–Kier alpha value is -1.68. The molecule has 27 heavy (non-hydrogen) atoms. The van der Waals surface area contributed by atoms with E-state index in [0.717, 1.165) is 5.69 Å². The fraction of sp³-hybridized carbons (Fsp3) is 0.421. The van der Waals surface area contributed by atoms with E-state index in [0.29, 0.717) is 19.0 Å². The number of guanidine groups is 1. The first-order valence-corrected chi connectivity index (χ1v) is 8.47. The van der Waals surface area contributed by atoms with Crippen molar-refractivity contribution in [3.8, 4) is 0 Å². The molecular formula is C19H28F2IN5. The van der Waals surface area contributed by atoms with Gasteiger partial charge in [0.25, 0.3) is 0 Å². The highest BCUT2D eigenvalue weighted by atomic mass is 127. The van der Waals surface area contributed by atoms with Gasteiger partial charge in [0.1, 0.15) is 11.6 Å². The number of aryl methyl sites for hydroxylation is 1. The van der Waals surface area contributed by atoms with Crippen molar-refractivity contribution < 1.29 is 8.78 Å². The lowest BCUT2D eigenvalue weighted by atomic mass is 10.0. The summed E-state index contributed by atoms with van der Waals surface area (Å²) in [6, 6.07) is 7.51. The predicted molar refractivity (Wildman–Crippen MR) is 116 cm³/mol. The van der Waals surface area contributed by atoms with E-state index in [-0.39, 0.29) is 29.5 Å². The van der Waals surface area contributed by atoms with E-state index in [1.807, 2.05) is 41.9 Å². The molecule has 1 aromatic carbocycles. The van der Waals surface area contributed by atoms with Gasteiger partial charge < -0.3 is 19.7 Å². The highest BCUT2D eigenvalue weighted by Gasteiger charge is 2.23. The summed E-state index contributed by atoms with van der Waals surface area (Å²) in [5, 5.41) is 3.23. The largest absolute Gasteiger partial charge is 0.354 e. The summed E-state index contributed by atoms with van der Waals surface area (Å²) in [6.45, 7) is 0.999. The molecule has 5 nitrogen and oxygen atoms in total. The van der Waals surface area contributed by atoms with Crippen LogP contribution in [0.5, 0.6) is 0 Å². The van der Waals surface area contributed by atoms with Crippen LogP contribution in [-0.2, 0) is 13.6 Å². The SMILES string of the molecule is CN=C(NCC(c1c(F)cccc1F)N(C)C)N(C)Cc1cccn1C.I. The molecule has 0 aliphatic carbocycles. The molecular weight excluding hydrogens is 463 g/mol. The van der Waals surface area contributed by atoms with E-state index in [4.69, 9.17) is 0 Å². The van der Waals surface area contributed by atoms with Crippen molar-refractivity contribution in [1.29, 1.82) is 0 Å². The van der Waals surface area contributed by atoms with Crippen LogP contribution in [0.1, 0.15) is 17.3 Å². The topological polar surface area (TPSA) is 35.8 Å². The zero-order valence-electron chi connectivity index (χ0n) is 16.4. The van der Waals surface area contributed by atoms with Crippen molar-refractivity contribution in [2.24, 2.45) is 12.0 Å². The number of aliphatic imine (C=N–C) groups is 1. The maximum absolute atomic E-state index is 14.2. The van der Waals surface area contributed by atoms with Gasteiger partial charge in [0.2, 0.25) is 0 Å². The van der Waals surface area contributed by atoms with Crippen molar-refractivity contribution in [1.82, 2.24) is 19.7 Å². The van der Waals surface area contributed by atoms with Gasteiger partial charge in [-0.05, 0) is 38.4 Å². The van der Waals surface area contributed by atoms with Gasteiger partial charge in [0, 0.05) is 45.1 Å². The third kappa shape index (κ3) is 5.90. The van der Waals surface area contributed by atoms with Gasteiger partial charge in [-0.15, -0.1) is 24.0 Å². The summed E-state index contributed by atoms with van der Waals surface area (Å²) in [5.74, 6) is -0.426. The summed E-state index contributed by atoms with van der Waals surface area (Å²) in [4.78, 5) is 8.05. The Morgan fingerprint density at radius 1 is 1.15 bits per heavy atom. The van der Waals surface area contributed by atoms with Crippen LogP contribution in [0, 0.1) is 11.6 Å². The molecule has 1 atom stereocenters. The molecule has 0 radical (unpaired) electrons. The van der Waals surface area contributed by atoms with Gasteiger partial charge in [-0.25, -0.2) is 8.78 Å². The minimum atomic E-state index is -0.544. The molecule has 0 saturated carbocycles. The van der Waals surface area contributed by atoms with Crippen LogP contribution in [0.3, 0.4) is 0 Å². The smallest absolute Gasteiger partial charge is 0.193 e. The third-order valence-corrected chi connectivity index (χ3v) is 4.43. The van der Waals surface area contributed by atoms with E-state index in [9.17, 15) is 8.78 Å². The van der Waals surface area contributed by atoms with E-state index >= 15 is 0 Å². The fourth-order valence-corrected chi connectivity index (χ4v) is 2.92. The van der Waals surface area contributed by atoms with E-state index < -0.39 is 17.7 Å². The zero-order valence-corrected chi connectivity index (χ0v) is 18.7. The molecule has 0 aliphatic heterocycles. The number of likely N-dealkylation sites (N-methyl/N-ethyl adjacent to an activating group) is 1. The van der Waals surface area contributed by atoms with Crippen molar-refractivity contribution in [2.75, 3.05) is 34.7 Å². The summed E-state index contributed by atoms with van der Waals surface area (Å²) < 4.78 is 30.4. The third-order valence-electron chi connectivity index (χ3n) is 4.43. The lowest BCUT2D eigenvalue weighted by molar-refractivity contribution is 0.280. The highest BCUT2D eigenvalue weighted by Crippen LogP contribution is 2.24. The molecule has 0 fully saturated rings. The molecule has 0 aliphatic rings. The van der Waals surface area contributed by atoms with Crippen molar-refractivity contribution >= 4 is 29.9 Å². The lowest BCUT2D eigenvalue weighted by Crippen LogP contribution is -2.43. The minimum absolute atomic E-state index is 0. The molecule has 150 valence electrons. The average molecular weight is 491 g/mol. The summed E-state index contributed by atoms with van der Waals surface area (Å²) in [6.07, 6.45) is 1.99. The molecule has 1 N–H and O–H groups in total.